The minimum absolute atomic E-state index is 0.00741. The second-order valence-electron chi connectivity index (χ2n) is 17.1. The van der Waals surface area contributed by atoms with Gasteiger partial charge in [0.05, 0.1) is 169 Å². The van der Waals surface area contributed by atoms with E-state index in [1.54, 1.807) is 18.2 Å². The Bertz CT molecular complexity index is 1980. The molecule has 0 fully saturated rings. The highest BCUT2D eigenvalue weighted by Crippen LogP contribution is 2.37. The van der Waals surface area contributed by atoms with E-state index < -0.39 is 26.0 Å². The van der Waals surface area contributed by atoms with Gasteiger partial charge in [-0.1, -0.05) is 99.6 Å². The molecule has 0 heterocycles. The first-order valence-electron chi connectivity index (χ1n) is 24.8. The highest BCUT2D eigenvalue weighted by molar-refractivity contribution is 6.99. The van der Waals surface area contributed by atoms with Crippen molar-refractivity contribution in [3.63, 3.8) is 0 Å². The third kappa shape index (κ3) is 24.7. The molecule has 0 amide bonds. The van der Waals surface area contributed by atoms with Crippen molar-refractivity contribution in [3.05, 3.63) is 120 Å². The summed E-state index contributed by atoms with van der Waals surface area (Å²) in [5.74, 6) is -0.632. The molecule has 0 atom stereocenters. The van der Waals surface area contributed by atoms with Gasteiger partial charge in [0, 0.05) is 5.69 Å². The van der Waals surface area contributed by atoms with Crippen molar-refractivity contribution >= 4 is 36.0 Å². The lowest BCUT2D eigenvalue weighted by Gasteiger charge is -2.43. The van der Waals surface area contributed by atoms with E-state index in [0.717, 1.165) is 12.1 Å². The molecule has 0 aliphatic carbocycles. The lowest BCUT2D eigenvalue weighted by atomic mass is 10.1. The summed E-state index contributed by atoms with van der Waals surface area (Å²) in [6, 6.07) is 32.3. The third-order valence-corrected chi connectivity index (χ3v) is 15.8. The van der Waals surface area contributed by atoms with Gasteiger partial charge in [-0.2, -0.15) is 13.2 Å². The van der Waals surface area contributed by atoms with Crippen LogP contribution in [-0.2, 0) is 67.4 Å². The fourth-order valence-electron chi connectivity index (χ4n) is 7.29. The summed E-state index contributed by atoms with van der Waals surface area (Å²) in [5.41, 5.74) is -0.102. The summed E-state index contributed by atoms with van der Waals surface area (Å²) in [5, 5.41) is 5.30. The monoisotopic (exact) mass is 1050 g/mol. The van der Waals surface area contributed by atoms with Gasteiger partial charge in [-0.3, -0.25) is 0 Å². The summed E-state index contributed by atoms with van der Waals surface area (Å²) in [6.07, 6.45) is -4.48. The van der Waals surface area contributed by atoms with Crippen LogP contribution in [0.1, 0.15) is 36.7 Å². The second kappa shape index (κ2) is 36.6. The van der Waals surface area contributed by atoms with Crippen molar-refractivity contribution in [2.75, 3.05) is 164 Å². The molecule has 0 spiro atoms. The number of ether oxygens (including phenoxy) is 12. The van der Waals surface area contributed by atoms with Crippen LogP contribution in [0.3, 0.4) is 0 Å². The minimum atomic E-state index is -4.48. The van der Waals surface area contributed by atoms with Gasteiger partial charge in [0.2, 0.25) is 0 Å². The molecule has 1 N–H and O–H groups in total. The van der Waals surface area contributed by atoms with Crippen molar-refractivity contribution in [1.29, 1.82) is 0 Å². The fraction of sp³-hybridized carbons (Fsp3) is 0.537. The smallest absolute Gasteiger partial charge is 0.416 e. The number of benzene rings is 4. The molecule has 4 aromatic carbocycles. The molecule has 406 valence electrons. The first-order chi connectivity index (χ1) is 35.5. The zero-order valence-electron chi connectivity index (χ0n) is 42.7. The van der Waals surface area contributed by atoms with Gasteiger partial charge in [0.1, 0.15) is 6.61 Å². The van der Waals surface area contributed by atoms with Crippen LogP contribution in [-0.4, -0.2) is 173 Å². The Hall–Kier alpha value is -4.32. The van der Waals surface area contributed by atoms with Crippen LogP contribution in [0.4, 0.5) is 24.5 Å². The third-order valence-electron chi connectivity index (χ3n) is 10.8. The maximum atomic E-state index is 13.1. The summed E-state index contributed by atoms with van der Waals surface area (Å²) < 4.78 is 113. The van der Waals surface area contributed by atoms with Gasteiger partial charge in [0.15, 0.2) is 0 Å². The Kier molecular flexibility index (Phi) is 30.7. The second-order valence-corrected chi connectivity index (χ2v) is 21.4. The average Bonchev–Trinajstić information content (AvgIpc) is 3.38. The van der Waals surface area contributed by atoms with E-state index in [1.165, 1.54) is 28.6 Å². The van der Waals surface area contributed by atoms with E-state index in [-0.39, 0.29) is 29.5 Å². The number of anilines is 2. The van der Waals surface area contributed by atoms with Crippen molar-refractivity contribution in [2.24, 2.45) is 0 Å². The van der Waals surface area contributed by atoms with E-state index in [0.29, 0.717) is 151 Å². The number of nitrogens with one attached hydrogen (secondary N) is 1. The molecule has 0 aliphatic heterocycles. The van der Waals surface area contributed by atoms with Crippen LogP contribution in [0.15, 0.2) is 109 Å². The molecule has 4 aromatic rings. The predicted octanol–water partition coefficient (Wildman–Crippen LogP) is 7.37. The molecule has 0 aliphatic rings. The van der Waals surface area contributed by atoms with Gasteiger partial charge in [-0.25, -0.2) is 4.79 Å². The first-order valence-corrected chi connectivity index (χ1v) is 26.7. The molecule has 0 saturated heterocycles. The SMILES string of the molecule is CC(C)(C)[Si](OCCOCCOCCOCCOCCOCCOCCOCCOCCOCCOCCOCCOC(=O)c1ccccc1Nc1cccc(C(F)(F)F)c1)(c1ccccc1)c1ccccc1. The molecule has 4 rings (SSSR count). The summed E-state index contributed by atoms with van der Waals surface area (Å²) in [6.45, 7) is 16.7. The molecular formula is C54H76F3NO14Si. The van der Waals surface area contributed by atoms with E-state index in [9.17, 15) is 18.0 Å². The molecule has 19 heteroatoms. The van der Waals surface area contributed by atoms with Gasteiger partial charge in [0.25, 0.3) is 8.32 Å². The molecule has 73 heavy (non-hydrogen) atoms. The molecule has 0 aromatic heterocycles. The zero-order valence-corrected chi connectivity index (χ0v) is 43.7. The van der Waals surface area contributed by atoms with Crippen molar-refractivity contribution in [2.45, 2.75) is 32.0 Å². The first kappa shape index (κ1) is 61.2. The summed E-state index contributed by atoms with van der Waals surface area (Å²) in [7, 11) is -2.56. The van der Waals surface area contributed by atoms with Gasteiger partial charge < -0.3 is 66.6 Å². The molecule has 0 bridgehead atoms. The van der Waals surface area contributed by atoms with Crippen LogP contribution < -0.4 is 15.7 Å². The fourth-order valence-corrected chi connectivity index (χ4v) is 11.8. The molecular weight excluding hydrogens is 972 g/mol. The Morgan fingerprint density at radius 2 is 0.767 bits per heavy atom. The number of para-hydroxylation sites is 1. The highest BCUT2D eigenvalue weighted by Gasteiger charge is 2.50. The predicted molar refractivity (Wildman–Crippen MR) is 274 cm³/mol. The number of hydrogen-bond acceptors (Lipinski definition) is 15. The Labute approximate surface area is 430 Å². The standard InChI is InChI=1S/C54H76F3NO14Si/c1-53(2,3)73(48-15-6-4-7-16-48,49-17-8-5-9-18-49)72-44-42-70-40-38-68-36-34-66-32-30-64-28-26-62-24-22-60-21-23-61-25-27-63-29-31-65-33-35-67-37-39-69-41-43-71-52(59)50-19-10-11-20-51(50)58-47-14-12-13-46(45-47)54(55,56)57/h4-20,45,58H,21-44H2,1-3H3. The Morgan fingerprint density at radius 1 is 0.425 bits per heavy atom. The number of rotatable bonds is 42. The van der Waals surface area contributed by atoms with E-state index >= 15 is 0 Å². The van der Waals surface area contributed by atoms with Gasteiger partial charge >= 0.3 is 12.1 Å². The molecule has 15 nitrogen and oxygen atoms in total. The lowest BCUT2D eigenvalue weighted by Crippen LogP contribution is -2.66. The Morgan fingerprint density at radius 3 is 1.14 bits per heavy atom. The van der Waals surface area contributed by atoms with Gasteiger partial charge in [-0.15, -0.1) is 0 Å². The van der Waals surface area contributed by atoms with E-state index in [2.05, 4.69) is 74.6 Å². The number of hydrogen-bond donors (Lipinski definition) is 1. The van der Waals surface area contributed by atoms with Crippen LogP contribution >= 0.6 is 0 Å². The van der Waals surface area contributed by atoms with Gasteiger partial charge in [-0.05, 0) is 45.7 Å². The summed E-state index contributed by atoms with van der Waals surface area (Å²) >= 11 is 0. The number of carbonyl (C=O) groups excluding carboxylic acids is 1. The quantitative estimate of drug-likeness (QED) is 0.0267. The van der Waals surface area contributed by atoms with Crippen LogP contribution in [0.5, 0.6) is 0 Å². The molecule has 0 radical (unpaired) electrons. The highest BCUT2D eigenvalue weighted by atomic mass is 28.4. The van der Waals surface area contributed by atoms with Crippen molar-refractivity contribution in [1.82, 2.24) is 0 Å². The number of esters is 1. The lowest BCUT2D eigenvalue weighted by molar-refractivity contribution is -0.137. The topological polar surface area (TPSA) is 149 Å². The van der Waals surface area contributed by atoms with Crippen LogP contribution in [0.25, 0.3) is 0 Å². The molecule has 0 unspecified atom stereocenters. The minimum Gasteiger partial charge on any atom is -0.460 e. The summed E-state index contributed by atoms with van der Waals surface area (Å²) in [4.78, 5) is 12.6. The van der Waals surface area contributed by atoms with Crippen LogP contribution in [0, 0.1) is 0 Å². The maximum absolute atomic E-state index is 13.1. The van der Waals surface area contributed by atoms with Crippen LogP contribution in [0.2, 0.25) is 5.04 Å². The number of halogens is 3. The largest absolute Gasteiger partial charge is 0.460 e. The number of carbonyl (C=O) groups is 1. The van der Waals surface area contributed by atoms with E-state index in [4.69, 9.17) is 61.3 Å². The maximum Gasteiger partial charge on any atom is 0.416 e. The van der Waals surface area contributed by atoms with E-state index in [1.807, 2.05) is 12.1 Å². The average molecular weight is 1050 g/mol. The zero-order chi connectivity index (χ0) is 52.1. The number of alkyl halides is 3. The normalized spacial score (nSPS) is 12.1. The van der Waals surface area contributed by atoms with Crippen molar-refractivity contribution < 1.29 is 79.2 Å². The van der Waals surface area contributed by atoms with Crippen molar-refractivity contribution in [3.8, 4) is 0 Å². The Balaban J connectivity index is 0.821. The molecule has 0 saturated carbocycles.